The summed E-state index contributed by atoms with van der Waals surface area (Å²) in [5.74, 6) is 0.585. The van der Waals surface area contributed by atoms with E-state index in [9.17, 15) is 4.39 Å². The van der Waals surface area contributed by atoms with E-state index in [1.807, 2.05) is 62.0 Å². The van der Waals surface area contributed by atoms with Crippen LogP contribution in [0.15, 0.2) is 54.7 Å². The Hall–Kier alpha value is -2.29. The SMILES string of the molecule is CC.Cn1ccc2c(OCc3cccc(F)c3)cccc21. The van der Waals surface area contributed by atoms with Gasteiger partial charge in [-0.3, -0.25) is 0 Å². The Morgan fingerprint density at radius 1 is 1.05 bits per heavy atom. The van der Waals surface area contributed by atoms with Crippen LogP contribution in [0.3, 0.4) is 0 Å². The number of hydrogen-bond acceptors (Lipinski definition) is 1. The first-order valence-electron chi connectivity index (χ1n) is 7.15. The van der Waals surface area contributed by atoms with Crippen LogP contribution in [0.1, 0.15) is 19.4 Å². The summed E-state index contributed by atoms with van der Waals surface area (Å²) in [5, 5.41) is 1.07. The molecule has 1 heterocycles. The highest BCUT2D eigenvalue weighted by molar-refractivity contribution is 5.86. The molecule has 0 amide bonds. The van der Waals surface area contributed by atoms with Crippen LogP contribution < -0.4 is 4.74 Å². The molecule has 0 atom stereocenters. The Bertz CT molecular complexity index is 718. The van der Waals surface area contributed by atoms with E-state index < -0.39 is 0 Å². The average Bonchev–Trinajstić information content (AvgIpc) is 2.90. The lowest BCUT2D eigenvalue weighted by Crippen LogP contribution is -1.96. The lowest BCUT2D eigenvalue weighted by Gasteiger charge is -2.08. The van der Waals surface area contributed by atoms with Crippen LogP contribution in [-0.2, 0) is 13.7 Å². The van der Waals surface area contributed by atoms with Crippen LogP contribution in [0.2, 0.25) is 0 Å². The number of nitrogens with zero attached hydrogens (tertiary/aromatic N) is 1. The fourth-order valence-corrected chi connectivity index (χ4v) is 2.19. The van der Waals surface area contributed by atoms with Gasteiger partial charge in [0.15, 0.2) is 0 Å². The maximum absolute atomic E-state index is 13.1. The molecule has 0 aliphatic rings. The number of fused-ring (bicyclic) bond motifs is 1. The third-order valence-electron chi connectivity index (χ3n) is 3.17. The summed E-state index contributed by atoms with van der Waals surface area (Å²) in [4.78, 5) is 0. The maximum atomic E-state index is 13.1. The molecule has 1 aromatic heterocycles. The van der Waals surface area contributed by atoms with Gasteiger partial charge in [-0.15, -0.1) is 0 Å². The number of hydrogen-bond donors (Lipinski definition) is 0. The van der Waals surface area contributed by atoms with Crippen LogP contribution in [0.4, 0.5) is 4.39 Å². The van der Waals surface area contributed by atoms with E-state index in [1.165, 1.54) is 12.1 Å². The molecule has 0 aliphatic heterocycles. The van der Waals surface area contributed by atoms with E-state index in [4.69, 9.17) is 4.74 Å². The number of aromatic nitrogens is 1. The average molecular weight is 285 g/mol. The smallest absolute Gasteiger partial charge is 0.129 e. The minimum Gasteiger partial charge on any atom is -0.488 e. The van der Waals surface area contributed by atoms with Crippen molar-refractivity contribution in [1.29, 1.82) is 0 Å². The van der Waals surface area contributed by atoms with Gasteiger partial charge in [-0.05, 0) is 35.9 Å². The Balaban J connectivity index is 0.000000774. The predicted octanol–water partition coefficient (Wildman–Crippen LogP) is 4.92. The van der Waals surface area contributed by atoms with E-state index in [1.54, 1.807) is 6.07 Å². The first kappa shape index (κ1) is 15.1. The Labute approximate surface area is 124 Å². The third kappa shape index (κ3) is 3.43. The van der Waals surface area contributed by atoms with Gasteiger partial charge in [-0.1, -0.05) is 32.0 Å². The van der Waals surface area contributed by atoms with Crippen molar-refractivity contribution in [2.24, 2.45) is 7.05 Å². The van der Waals surface area contributed by atoms with Crippen molar-refractivity contribution in [2.45, 2.75) is 20.5 Å². The van der Waals surface area contributed by atoms with Crippen molar-refractivity contribution in [2.75, 3.05) is 0 Å². The van der Waals surface area contributed by atoms with Gasteiger partial charge >= 0.3 is 0 Å². The fourth-order valence-electron chi connectivity index (χ4n) is 2.19. The number of aryl methyl sites for hydroxylation is 1. The van der Waals surface area contributed by atoms with Crippen LogP contribution in [0, 0.1) is 5.82 Å². The monoisotopic (exact) mass is 285 g/mol. The Kier molecular flexibility index (Phi) is 4.99. The first-order chi connectivity index (χ1) is 10.2. The molecule has 3 aromatic rings. The zero-order chi connectivity index (χ0) is 15.2. The van der Waals surface area contributed by atoms with Crippen LogP contribution in [0.25, 0.3) is 10.9 Å². The highest BCUT2D eigenvalue weighted by Crippen LogP contribution is 2.26. The molecule has 0 bridgehead atoms. The van der Waals surface area contributed by atoms with Crippen LogP contribution >= 0.6 is 0 Å². The van der Waals surface area contributed by atoms with Gasteiger partial charge in [0.2, 0.25) is 0 Å². The van der Waals surface area contributed by atoms with Gasteiger partial charge in [0.25, 0.3) is 0 Å². The Morgan fingerprint density at radius 2 is 1.81 bits per heavy atom. The Morgan fingerprint density at radius 3 is 2.57 bits per heavy atom. The van der Waals surface area contributed by atoms with Crippen molar-refractivity contribution < 1.29 is 9.13 Å². The lowest BCUT2D eigenvalue weighted by atomic mass is 10.2. The number of rotatable bonds is 3. The number of halogens is 1. The van der Waals surface area contributed by atoms with Gasteiger partial charge in [0, 0.05) is 18.6 Å². The molecule has 0 spiro atoms. The normalized spacial score (nSPS) is 10.1. The molecule has 0 radical (unpaired) electrons. The second-order valence-electron chi connectivity index (χ2n) is 4.53. The van der Waals surface area contributed by atoms with Crippen LogP contribution in [0.5, 0.6) is 5.75 Å². The highest BCUT2D eigenvalue weighted by Gasteiger charge is 2.05. The molecule has 0 N–H and O–H groups in total. The lowest BCUT2D eigenvalue weighted by molar-refractivity contribution is 0.309. The van der Waals surface area contributed by atoms with E-state index in [0.29, 0.717) is 6.61 Å². The summed E-state index contributed by atoms with van der Waals surface area (Å²) in [7, 11) is 2.00. The summed E-state index contributed by atoms with van der Waals surface area (Å²) in [6.45, 7) is 4.37. The van der Waals surface area contributed by atoms with E-state index in [0.717, 1.165) is 22.2 Å². The second kappa shape index (κ2) is 6.93. The maximum Gasteiger partial charge on any atom is 0.129 e. The molecule has 2 aromatic carbocycles. The summed E-state index contributed by atoms with van der Waals surface area (Å²) in [6.07, 6.45) is 2.00. The standard InChI is InChI=1S/C16H14FNO.C2H6/c1-18-9-8-14-15(18)6-3-7-16(14)19-11-12-4-2-5-13(17)10-12;1-2/h2-10H,11H2,1H3;1-2H3. The van der Waals surface area contributed by atoms with Crippen molar-refractivity contribution >= 4 is 10.9 Å². The molecular weight excluding hydrogens is 265 g/mol. The number of benzene rings is 2. The molecule has 0 fully saturated rings. The number of ether oxygens (including phenoxy) is 1. The highest BCUT2D eigenvalue weighted by atomic mass is 19.1. The summed E-state index contributed by atoms with van der Waals surface area (Å²) in [6, 6.07) is 14.4. The topological polar surface area (TPSA) is 14.2 Å². The molecule has 0 unspecified atom stereocenters. The molecule has 2 nitrogen and oxygen atoms in total. The summed E-state index contributed by atoms with van der Waals surface area (Å²) < 4.78 is 20.9. The molecule has 0 saturated carbocycles. The molecule has 3 heteroatoms. The third-order valence-corrected chi connectivity index (χ3v) is 3.17. The molecular formula is C18H20FNO. The molecule has 0 saturated heterocycles. The fraction of sp³-hybridized carbons (Fsp3) is 0.222. The largest absolute Gasteiger partial charge is 0.488 e. The zero-order valence-electron chi connectivity index (χ0n) is 12.6. The van der Waals surface area contributed by atoms with E-state index in [2.05, 4.69) is 0 Å². The van der Waals surface area contributed by atoms with E-state index in [-0.39, 0.29) is 5.82 Å². The second-order valence-corrected chi connectivity index (χ2v) is 4.53. The molecule has 110 valence electrons. The first-order valence-corrected chi connectivity index (χ1v) is 7.15. The van der Waals surface area contributed by atoms with Gasteiger partial charge in [0.05, 0.1) is 5.52 Å². The summed E-state index contributed by atoms with van der Waals surface area (Å²) in [5.41, 5.74) is 1.95. The van der Waals surface area contributed by atoms with Gasteiger partial charge in [-0.25, -0.2) is 4.39 Å². The minimum absolute atomic E-state index is 0.237. The van der Waals surface area contributed by atoms with Crippen molar-refractivity contribution in [1.82, 2.24) is 4.57 Å². The van der Waals surface area contributed by atoms with Crippen molar-refractivity contribution in [3.63, 3.8) is 0 Å². The van der Waals surface area contributed by atoms with Crippen LogP contribution in [-0.4, -0.2) is 4.57 Å². The van der Waals surface area contributed by atoms with Gasteiger partial charge < -0.3 is 9.30 Å². The molecule has 3 rings (SSSR count). The van der Waals surface area contributed by atoms with Crippen molar-refractivity contribution in [3.8, 4) is 5.75 Å². The summed E-state index contributed by atoms with van der Waals surface area (Å²) >= 11 is 0. The van der Waals surface area contributed by atoms with Gasteiger partial charge in [0.1, 0.15) is 18.2 Å². The van der Waals surface area contributed by atoms with Crippen molar-refractivity contribution in [3.05, 3.63) is 66.1 Å². The molecule has 21 heavy (non-hydrogen) atoms. The quantitative estimate of drug-likeness (QED) is 0.666. The predicted molar refractivity (Wildman–Crippen MR) is 85.0 cm³/mol. The minimum atomic E-state index is -0.237. The zero-order valence-corrected chi connectivity index (χ0v) is 12.6. The van der Waals surface area contributed by atoms with E-state index >= 15 is 0 Å². The molecule has 0 aliphatic carbocycles. The van der Waals surface area contributed by atoms with Gasteiger partial charge in [-0.2, -0.15) is 0 Å².